The summed E-state index contributed by atoms with van der Waals surface area (Å²) in [7, 11) is 0. The Morgan fingerprint density at radius 3 is 2.62 bits per heavy atom. The lowest BCUT2D eigenvalue weighted by Gasteiger charge is -2.25. The first-order valence-corrected chi connectivity index (χ1v) is 5.33. The molecule has 1 aromatic rings. The Morgan fingerprint density at radius 2 is 1.81 bits per heavy atom. The molecule has 0 saturated heterocycles. The van der Waals surface area contributed by atoms with Gasteiger partial charge in [-0.25, -0.2) is 0 Å². The molecule has 1 aromatic carbocycles. The molecule has 16 heavy (non-hydrogen) atoms. The average Bonchev–Trinajstić information content (AvgIpc) is 2.36. The van der Waals surface area contributed by atoms with Gasteiger partial charge in [0, 0.05) is 5.56 Å². The summed E-state index contributed by atoms with van der Waals surface area (Å²) < 4.78 is 0. The summed E-state index contributed by atoms with van der Waals surface area (Å²) in [6, 6.07) is 7.34. The minimum atomic E-state index is -0.357. The van der Waals surface area contributed by atoms with Crippen molar-refractivity contribution < 1.29 is 9.59 Å². The third-order valence-corrected chi connectivity index (χ3v) is 3.13. The van der Waals surface area contributed by atoms with Crippen molar-refractivity contribution in [1.29, 1.82) is 0 Å². The molecule has 1 unspecified atom stereocenters. The largest absolute Gasteiger partial charge is 0.289 e. The van der Waals surface area contributed by atoms with Gasteiger partial charge in [0.15, 0.2) is 0 Å². The van der Waals surface area contributed by atoms with Crippen molar-refractivity contribution in [3.05, 3.63) is 53.6 Å². The average molecular weight is 210 g/mol. The van der Waals surface area contributed by atoms with E-state index in [9.17, 15) is 9.59 Å². The Labute approximate surface area is 93.3 Å². The molecule has 0 spiro atoms. The predicted molar refractivity (Wildman–Crippen MR) is 61.0 cm³/mol. The van der Waals surface area contributed by atoms with Gasteiger partial charge in [0.25, 0.3) is 0 Å². The SMILES string of the molecule is O=C1C(=O)C2C=CCC=C2c2ccccc21. The van der Waals surface area contributed by atoms with Crippen molar-refractivity contribution in [2.24, 2.45) is 5.92 Å². The molecule has 0 fully saturated rings. The molecule has 0 amide bonds. The summed E-state index contributed by atoms with van der Waals surface area (Å²) in [6.45, 7) is 0. The van der Waals surface area contributed by atoms with E-state index in [1.807, 2.05) is 30.4 Å². The molecule has 78 valence electrons. The molecule has 2 nitrogen and oxygen atoms in total. The highest BCUT2D eigenvalue weighted by Crippen LogP contribution is 2.36. The van der Waals surface area contributed by atoms with Crippen LogP contribution in [0.5, 0.6) is 0 Å². The first kappa shape index (κ1) is 9.28. The maximum absolute atomic E-state index is 11.9. The first-order valence-electron chi connectivity index (χ1n) is 5.33. The molecule has 0 aliphatic heterocycles. The minimum absolute atomic E-state index is 0.305. The van der Waals surface area contributed by atoms with Crippen LogP contribution in [-0.2, 0) is 4.79 Å². The van der Waals surface area contributed by atoms with Crippen LogP contribution in [0, 0.1) is 5.92 Å². The maximum atomic E-state index is 11.9. The molecular weight excluding hydrogens is 200 g/mol. The van der Waals surface area contributed by atoms with Crippen molar-refractivity contribution in [3.63, 3.8) is 0 Å². The first-order chi connectivity index (χ1) is 7.79. The molecule has 0 N–H and O–H groups in total. The second-order valence-corrected chi connectivity index (χ2v) is 4.04. The Hall–Kier alpha value is -1.96. The molecule has 2 aliphatic carbocycles. The summed E-state index contributed by atoms with van der Waals surface area (Å²) in [5, 5.41) is 0. The van der Waals surface area contributed by atoms with Gasteiger partial charge in [-0.2, -0.15) is 0 Å². The van der Waals surface area contributed by atoms with Gasteiger partial charge in [-0.15, -0.1) is 0 Å². The fourth-order valence-electron chi connectivity index (χ4n) is 2.35. The predicted octanol–water partition coefficient (Wildman–Crippen LogP) is 2.41. The normalized spacial score (nSPS) is 22.5. The molecule has 0 heterocycles. The van der Waals surface area contributed by atoms with E-state index in [1.54, 1.807) is 12.1 Å². The standard InChI is InChI=1S/C14H10O2/c15-13-11-7-3-1-5-9(11)10-6-2-4-8-12(10)14(13)16/h1,3-8,12H,2H2. The van der Waals surface area contributed by atoms with Gasteiger partial charge in [-0.05, 0) is 17.6 Å². The van der Waals surface area contributed by atoms with Crippen molar-refractivity contribution in [1.82, 2.24) is 0 Å². The molecule has 1 atom stereocenters. The van der Waals surface area contributed by atoms with Gasteiger partial charge in [-0.3, -0.25) is 9.59 Å². The Bertz CT molecular complexity index is 550. The number of hydrogen-bond acceptors (Lipinski definition) is 2. The Morgan fingerprint density at radius 1 is 1.06 bits per heavy atom. The molecule has 0 aromatic heterocycles. The molecule has 0 saturated carbocycles. The van der Waals surface area contributed by atoms with Crippen LogP contribution in [0.25, 0.3) is 5.57 Å². The number of allylic oxidation sites excluding steroid dienone is 4. The molecular formula is C14H10O2. The summed E-state index contributed by atoms with van der Waals surface area (Å²) >= 11 is 0. The summed E-state index contributed by atoms with van der Waals surface area (Å²) in [5.41, 5.74) is 2.45. The van der Waals surface area contributed by atoms with Crippen molar-refractivity contribution in [3.8, 4) is 0 Å². The van der Waals surface area contributed by atoms with Gasteiger partial charge in [-0.1, -0.05) is 42.5 Å². The van der Waals surface area contributed by atoms with E-state index in [2.05, 4.69) is 0 Å². The van der Waals surface area contributed by atoms with Crippen LogP contribution in [0.4, 0.5) is 0 Å². The van der Waals surface area contributed by atoms with Gasteiger partial charge in [0.2, 0.25) is 11.6 Å². The number of carbonyl (C=O) groups is 2. The van der Waals surface area contributed by atoms with Gasteiger partial charge >= 0.3 is 0 Å². The van der Waals surface area contributed by atoms with Gasteiger partial charge in [0.05, 0.1) is 5.92 Å². The number of benzene rings is 1. The molecule has 2 heteroatoms. The second-order valence-electron chi connectivity index (χ2n) is 4.04. The van der Waals surface area contributed by atoms with Crippen LogP contribution >= 0.6 is 0 Å². The molecule has 3 rings (SSSR count). The maximum Gasteiger partial charge on any atom is 0.230 e. The number of fused-ring (bicyclic) bond motifs is 3. The zero-order chi connectivity index (χ0) is 11.1. The highest BCUT2D eigenvalue weighted by atomic mass is 16.2. The van der Waals surface area contributed by atoms with Crippen molar-refractivity contribution >= 4 is 17.1 Å². The summed E-state index contributed by atoms with van der Waals surface area (Å²) in [6.07, 6.45) is 6.65. The van der Waals surface area contributed by atoms with Crippen LogP contribution in [0.15, 0.2) is 42.5 Å². The monoisotopic (exact) mass is 210 g/mol. The number of carbonyl (C=O) groups excluding carboxylic acids is 2. The number of Topliss-reactive ketones (excluding diaryl/α,β-unsaturated/α-hetero) is 2. The van der Waals surface area contributed by atoms with Crippen LogP contribution in [-0.4, -0.2) is 11.6 Å². The number of rotatable bonds is 0. The zero-order valence-corrected chi connectivity index (χ0v) is 8.64. The third kappa shape index (κ3) is 1.13. The molecule has 2 aliphatic rings. The fourth-order valence-corrected chi connectivity index (χ4v) is 2.35. The zero-order valence-electron chi connectivity index (χ0n) is 8.64. The number of ketones is 2. The Balaban J connectivity index is 2.27. The van der Waals surface area contributed by atoms with Crippen LogP contribution < -0.4 is 0 Å². The highest BCUT2D eigenvalue weighted by molar-refractivity contribution is 6.48. The summed E-state index contributed by atoms with van der Waals surface area (Å²) in [4.78, 5) is 23.7. The molecule has 0 radical (unpaired) electrons. The fraction of sp³-hybridized carbons (Fsp3) is 0.143. The van der Waals surface area contributed by atoms with E-state index in [1.165, 1.54) is 0 Å². The van der Waals surface area contributed by atoms with E-state index in [-0.39, 0.29) is 17.5 Å². The Kier molecular flexibility index (Phi) is 1.90. The lowest BCUT2D eigenvalue weighted by Crippen LogP contribution is -2.30. The van der Waals surface area contributed by atoms with E-state index in [0.29, 0.717) is 5.56 Å². The quantitative estimate of drug-likeness (QED) is 0.486. The second kappa shape index (κ2) is 3.27. The minimum Gasteiger partial charge on any atom is -0.289 e. The van der Waals surface area contributed by atoms with Crippen LogP contribution in [0.3, 0.4) is 0 Å². The van der Waals surface area contributed by atoms with E-state index < -0.39 is 0 Å². The van der Waals surface area contributed by atoms with Crippen molar-refractivity contribution in [2.45, 2.75) is 6.42 Å². The number of hydrogen-bond donors (Lipinski definition) is 0. The highest BCUT2D eigenvalue weighted by Gasteiger charge is 2.35. The van der Waals surface area contributed by atoms with Crippen LogP contribution in [0.1, 0.15) is 22.3 Å². The molecule has 0 bridgehead atoms. The summed E-state index contributed by atoms with van der Waals surface area (Å²) in [5.74, 6) is -1.01. The topological polar surface area (TPSA) is 34.1 Å². The van der Waals surface area contributed by atoms with Gasteiger partial charge < -0.3 is 0 Å². The van der Waals surface area contributed by atoms with Gasteiger partial charge in [0.1, 0.15) is 0 Å². The van der Waals surface area contributed by atoms with E-state index in [4.69, 9.17) is 0 Å². The van der Waals surface area contributed by atoms with E-state index >= 15 is 0 Å². The van der Waals surface area contributed by atoms with Crippen molar-refractivity contribution in [2.75, 3.05) is 0 Å². The lowest BCUT2D eigenvalue weighted by molar-refractivity contribution is -0.116. The third-order valence-electron chi connectivity index (χ3n) is 3.13. The van der Waals surface area contributed by atoms with E-state index in [0.717, 1.165) is 17.6 Å². The lowest BCUT2D eigenvalue weighted by atomic mass is 9.76. The van der Waals surface area contributed by atoms with Crippen LogP contribution in [0.2, 0.25) is 0 Å². The smallest absolute Gasteiger partial charge is 0.230 e.